The predicted octanol–water partition coefficient (Wildman–Crippen LogP) is 3.36. The number of hydrogen-bond acceptors (Lipinski definition) is 2. The predicted molar refractivity (Wildman–Crippen MR) is 64.9 cm³/mol. The molecule has 2 nitrogen and oxygen atoms in total. The van der Waals surface area contributed by atoms with E-state index in [0.717, 1.165) is 17.9 Å². The first kappa shape index (κ1) is 11.0. The Morgan fingerprint density at radius 3 is 2.81 bits per heavy atom. The Morgan fingerprint density at radius 2 is 2.06 bits per heavy atom. The molecule has 0 spiro atoms. The molecule has 0 aliphatic carbocycles. The molecular weight excluding hydrogens is 222 g/mol. The number of halogens is 1. The van der Waals surface area contributed by atoms with Crippen LogP contribution >= 0.6 is 11.6 Å². The molecule has 0 unspecified atom stereocenters. The highest BCUT2D eigenvalue weighted by Crippen LogP contribution is 2.17. The minimum atomic E-state index is 0.608. The van der Waals surface area contributed by atoms with E-state index in [2.05, 4.69) is 4.98 Å². The molecular formula is C13H12ClNO. The maximum Gasteiger partial charge on any atom is 0.120 e. The second-order valence-electron chi connectivity index (χ2n) is 3.38. The van der Waals surface area contributed by atoms with Crippen molar-refractivity contribution in [3.8, 4) is 5.75 Å². The average molecular weight is 234 g/mol. The molecule has 1 aromatic heterocycles. The number of aromatic nitrogens is 1. The van der Waals surface area contributed by atoms with E-state index >= 15 is 0 Å². The van der Waals surface area contributed by atoms with Crippen molar-refractivity contribution in [2.75, 3.05) is 6.61 Å². The molecule has 0 aliphatic rings. The second kappa shape index (κ2) is 5.52. The maximum atomic E-state index is 5.85. The molecule has 0 atom stereocenters. The monoisotopic (exact) mass is 233 g/mol. The van der Waals surface area contributed by atoms with Gasteiger partial charge in [0.25, 0.3) is 0 Å². The minimum absolute atomic E-state index is 0.608. The summed E-state index contributed by atoms with van der Waals surface area (Å²) >= 11 is 5.85. The van der Waals surface area contributed by atoms with Crippen LogP contribution in [0.2, 0.25) is 5.02 Å². The summed E-state index contributed by atoms with van der Waals surface area (Å²) in [6, 6.07) is 13.3. The van der Waals surface area contributed by atoms with Gasteiger partial charge in [0.2, 0.25) is 0 Å². The molecule has 3 heteroatoms. The SMILES string of the molecule is Clc1cccc(OCCc2ccccn2)c1. The van der Waals surface area contributed by atoms with Crippen molar-refractivity contribution in [2.45, 2.75) is 6.42 Å². The summed E-state index contributed by atoms with van der Waals surface area (Å²) in [4.78, 5) is 4.22. The number of pyridine rings is 1. The average Bonchev–Trinajstić information content (AvgIpc) is 2.30. The maximum absolute atomic E-state index is 5.85. The van der Waals surface area contributed by atoms with Gasteiger partial charge in [0, 0.05) is 23.3 Å². The number of nitrogens with zero attached hydrogens (tertiary/aromatic N) is 1. The smallest absolute Gasteiger partial charge is 0.120 e. The summed E-state index contributed by atoms with van der Waals surface area (Å²) in [5.41, 5.74) is 1.03. The third-order valence-electron chi connectivity index (χ3n) is 2.15. The van der Waals surface area contributed by atoms with Crippen molar-refractivity contribution < 1.29 is 4.74 Å². The van der Waals surface area contributed by atoms with Crippen LogP contribution in [-0.4, -0.2) is 11.6 Å². The molecule has 0 aliphatic heterocycles. The largest absolute Gasteiger partial charge is 0.493 e. The Bertz CT molecular complexity index is 445. The van der Waals surface area contributed by atoms with Crippen LogP contribution < -0.4 is 4.74 Å². The topological polar surface area (TPSA) is 22.1 Å². The third kappa shape index (κ3) is 3.24. The van der Waals surface area contributed by atoms with Gasteiger partial charge in [-0.3, -0.25) is 4.98 Å². The molecule has 0 fully saturated rings. The molecule has 82 valence electrons. The molecule has 1 aromatic carbocycles. The first-order chi connectivity index (χ1) is 7.84. The van der Waals surface area contributed by atoms with Crippen molar-refractivity contribution >= 4 is 11.6 Å². The number of rotatable bonds is 4. The van der Waals surface area contributed by atoms with Crippen LogP contribution in [0.15, 0.2) is 48.7 Å². The van der Waals surface area contributed by atoms with Crippen molar-refractivity contribution in [1.29, 1.82) is 0 Å². The molecule has 0 amide bonds. The normalized spacial score (nSPS) is 10.1. The summed E-state index contributed by atoms with van der Waals surface area (Å²) < 4.78 is 5.57. The third-order valence-corrected chi connectivity index (χ3v) is 2.38. The summed E-state index contributed by atoms with van der Waals surface area (Å²) in [6.45, 7) is 0.608. The van der Waals surface area contributed by atoms with E-state index in [9.17, 15) is 0 Å². The Morgan fingerprint density at radius 1 is 1.12 bits per heavy atom. The van der Waals surface area contributed by atoms with E-state index < -0.39 is 0 Å². The van der Waals surface area contributed by atoms with Gasteiger partial charge in [-0.25, -0.2) is 0 Å². The fraction of sp³-hybridized carbons (Fsp3) is 0.154. The van der Waals surface area contributed by atoms with Crippen LogP contribution in [0, 0.1) is 0 Å². The van der Waals surface area contributed by atoms with Gasteiger partial charge in [0.15, 0.2) is 0 Å². The molecule has 0 bridgehead atoms. The first-order valence-corrected chi connectivity index (χ1v) is 5.51. The Hall–Kier alpha value is -1.54. The molecule has 1 heterocycles. The number of benzene rings is 1. The highest BCUT2D eigenvalue weighted by molar-refractivity contribution is 6.30. The molecule has 0 radical (unpaired) electrons. The van der Waals surface area contributed by atoms with Gasteiger partial charge in [-0.2, -0.15) is 0 Å². The van der Waals surface area contributed by atoms with Crippen molar-refractivity contribution in [3.63, 3.8) is 0 Å². The molecule has 16 heavy (non-hydrogen) atoms. The van der Waals surface area contributed by atoms with Gasteiger partial charge in [-0.05, 0) is 30.3 Å². The molecule has 0 N–H and O–H groups in total. The van der Waals surface area contributed by atoms with E-state index in [1.54, 1.807) is 12.3 Å². The standard InChI is InChI=1S/C13H12ClNO/c14-11-4-3-6-13(10-11)16-9-7-12-5-1-2-8-15-12/h1-6,8,10H,7,9H2. The summed E-state index contributed by atoms with van der Waals surface area (Å²) in [5.74, 6) is 0.795. The Kier molecular flexibility index (Phi) is 3.78. The van der Waals surface area contributed by atoms with Crippen molar-refractivity contribution in [3.05, 3.63) is 59.4 Å². The van der Waals surface area contributed by atoms with Crippen molar-refractivity contribution in [1.82, 2.24) is 4.98 Å². The van der Waals surface area contributed by atoms with Gasteiger partial charge >= 0.3 is 0 Å². The van der Waals surface area contributed by atoms with E-state index in [1.165, 1.54) is 0 Å². The summed E-state index contributed by atoms with van der Waals surface area (Å²) in [5, 5.41) is 0.690. The molecule has 0 saturated carbocycles. The van der Waals surface area contributed by atoms with Gasteiger partial charge in [0.05, 0.1) is 6.61 Å². The molecule has 0 saturated heterocycles. The van der Waals surface area contributed by atoms with Crippen LogP contribution in [0.25, 0.3) is 0 Å². The lowest BCUT2D eigenvalue weighted by Crippen LogP contribution is -2.02. The van der Waals surface area contributed by atoms with Crippen LogP contribution in [0.5, 0.6) is 5.75 Å². The van der Waals surface area contributed by atoms with Gasteiger partial charge in [-0.15, -0.1) is 0 Å². The lowest BCUT2D eigenvalue weighted by molar-refractivity contribution is 0.320. The zero-order valence-corrected chi connectivity index (χ0v) is 9.52. The van der Waals surface area contributed by atoms with E-state index in [-0.39, 0.29) is 0 Å². The van der Waals surface area contributed by atoms with E-state index in [4.69, 9.17) is 16.3 Å². The van der Waals surface area contributed by atoms with Crippen LogP contribution in [-0.2, 0) is 6.42 Å². The minimum Gasteiger partial charge on any atom is -0.493 e. The quantitative estimate of drug-likeness (QED) is 0.808. The van der Waals surface area contributed by atoms with Gasteiger partial charge in [0.1, 0.15) is 5.75 Å². The van der Waals surface area contributed by atoms with Crippen LogP contribution in [0.3, 0.4) is 0 Å². The Balaban J connectivity index is 1.85. The van der Waals surface area contributed by atoms with E-state index in [1.807, 2.05) is 36.4 Å². The first-order valence-electron chi connectivity index (χ1n) is 5.13. The second-order valence-corrected chi connectivity index (χ2v) is 3.81. The lowest BCUT2D eigenvalue weighted by atomic mass is 10.3. The van der Waals surface area contributed by atoms with Crippen LogP contribution in [0.1, 0.15) is 5.69 Å². The summed E-state index contributed by atoms with van der Waals surface area (Å²) in [6.07, 6.45) is 2.59. The highest BCUT2D eigenvalue weighted by Gasteiger charge is 1.96. The molecule has 2 rings (SSSR count). The fourth-order valence-electron chi connectivity index (χ4n) is 1.38. The number of ether oxygens (including phenoxy) is 1. The highest BCUT2D eigenvalue weighted by atomic mass is 35.5. The fourth-order valence-corrected chi connectivity index (χ4v) is 1.56. The number of hydrogen-bond donors (Lipinski definition) is 0. The zero-order valence-electron chi connectivity index (χ0n) is 8.77. The van der Waals surface area contributed by atoms with Gasteiger partial charge < -0.3 is 4.74 Å². The Labute approximate surface area is 99.9 Å². The van der Waals surface area contributed by atoms with Crippen LogP contribution in [0.4, 0.5) is 0 Å². The van der Waals surface area contributed by atoms with Gasteiger partial charge in [-0.1, -0.05) is 23.7 Å². The van der Waals surface area contributed by atoms with Crippen molar-refractivity contribution in [2.24, 2.45) is 0 Å². The summed E-state index contributed by atoms with van der Waals surface area (Å²) in [7, 11) is 0. The van der Waals surface area contributed by atoms with E-state index in [0.29, 0.717) is 11.6 Å². The lowest BCUT2D eigenvalue weighted by Gasteiger charge is -2.05. The zero-order chi connectivity index (χ0) is 11.2. The molecule has 2 aromatic rings.